The quantitative estimate of drug-likeness (QED) is 0.818. The predicted octanol–water partition coefficient (Wildman–Crippen LogP) is 2.47. The fourth-order valence-corrected chi connectivity index (χ4v) is 5.03. The number of fused-ring (bicyclic) bond motifs is 4. The van der Waals surface area contributed by atoms with E-state index in [2.05, 4.69) is 26.8 Å². The van der Waals surface area contributed by atoms with E-state index in [-0.39, 0.29) is 25.2 Å². The molecule has 9 heteroatoms. The van der Waals surface area contributed by atoms with Gasteiger partial charge in [0.2, 0.25) is 5.95 Å². The Morgan fingerprint density at radius 3 is 2.48 bits per heavy atom. The summed E-state index contributed by atoms with van der Waals surface area (Å²) in [6.07, 6.45) is -3.99. The summed E-state index contributed by atoms with van der Waals surface area (Å²) < 4.78 is 45.6. The summed E-state index contributed by atoms with van der Waals surface area (Å²) >= 11 is 0. The molecule has 3 atom stereocenters. The molecule has 2 aromatic heterocycles. The lowest BCUT2D eigenvalue weighted by molar-refractivity contribution is -0.177. The monoisotopic (exact) mass is 381 g/mol. The molecule has 3 aliphatic rings. The molecule has 2 fully saturated rings. The summed E-state index contributed by atoms with van der Waals surface area (Å²) in [5, 5.41) is 0. The van der Waals surface area contributed by atoms with Crippen LogP contribution in [0.25, 0.3) is 11.1 Å². The van der Waals surface area contributed by atoms with E-state index in [0.29, 0.717) is 40.1 Å². The van der Waals surface area contributed by atoms with E-state index in [1.54, 1.807) is 0 Å². The van der Waals surface area contributed by atoms with Crippen molar-refractivity contribution >= 4 is 22.9 Å². The van der Waals surface area contributed by atoms with Gasteiger partial charge in [0.15, 0.2) is 11.4 Å². The van der Waals surface area contributed by atoms with Crippen molar-refractivity contribution in [2.24, 2.45) is 17.8 Å². The van der Waals surface area contributed by atoms with Crippen LogP contribution >= 0.6 is 0 Å². The SMILES string of the molecule is CN1CC2CN(c3nc(N)nc4c5c(oc34)CCC(C(F)(F)F)C5)C[C@H]2C1. The third-order valence-electron chi connectivity index (χ3n) is 6.31. The molecule has 0 aromatic carbocycles. The van der Waals surface area contributed by atoms with Gasteiger partial charge in [-0.25, -0.2) is 4.98 Å². The van der Waals surface area contributed by atoms with Crippen LogP contribution in [0.15, 0.2) is 4.42 Å². The number of aromatic nitrogens is 2. The number of hydrogen-bond acceptors (Lipinski definition) is 6. The molecular formula is C18H22F3N5O. The zero-order valence-electron chi connectivity index (χ0n) is 15.1. The lowest BCUT2D eigenvalue weighted by Crippen LogP contribution is -2.28. The molecule has 0 saturated carbocycles. The number of nitrogen functional groups attached to an aromatic ring is 1. The average Bonchev–Trinajstić information content (AvgIpc) is 3.23. The molecule has 2 aromatic rings. The molecule has 5 rings (SSSR count). The molecule has 4 heterocycles. The first-order valence-electron chi connectivity index (χ1n) is 9.37. The summed E-state index contributed by atoms with van der Waals surface area (Å²) in [7, 11) is 2.13. The van der Waals surface area contributed by atoms with Gasteiger partial charge >= 0.3 is 6.18 Å². The Hall–Kier alpha value is -2.03. The summed E-state index contributed by atoms with van der Waals surface area (Å²) in [5.41, 5.74) is 7.42. The summed E-state index contributed by atoms with van der Waals surface area (Å²) in [4.78, 5) is 13.2. The number of rotatable bonds is 1. The van der Waals surface area contributed by atoms with Crippen LogP contribution in [-0.2, 0) is 12.8 Å². The smallest absolute Gasteiger partial charge is 0.392 e. The topological polar surface area (TPSA) is 71.4 Å². The van der Waals surface area contributed by atoms with Crippen LogP contribution in [0.2, 0.25) is 0 Å². The van der Waals surface area contributed by atoms with Gasteiger partial charge in [0.25, 0.3) is 0 Å². The number of nitrogens with zero attached hydrogens (tertiary/aromatic N) is 4. The van der Waals surface area contributed by atoms with Crippen molar-refractivity contribution in [2.75, 3.05) is 43.9 Å². The Morgan fingerprint density at radius 2 is 1.81 bits per heavy atom. The highest BCUT2D eigenvalue weighted by molar-refractivity contribution is 5.89. The second-order valence-electron chi connectivity index (χ2n) is 8.21. The molecule has 146 valence electrons. The molecule has 0 spiro atoms. The maximum absolute atomic E-state index is 13.2. The minimum atomic E-state index is -4.21. The van der Waals surface area contributed by atoms with Crippen LogP contribution < -0.4 is 10.6 Å². The molecule has 0 bridgehead atoms. The standard InChI is InChI=1S/C18H22F3N5O/c1-25-5-9-7-26(8-10(9)6-25)16-15-14(23-17(22)24-16)12-4-11(18(19,20)21)2-3-13(12)27-15/h9-11H,2-8H2,1H3,(H2,22,23,24)/t9-,10?,11?/m1/s1. The van der Waals surface area contributed by atoms with Gasteiger partial charge in [-0.3, -0.25) is 0 Å². The highest BCUT2D eigenvalue weighted by Gasteiger charge is 2.44. The first kappa shape index (κ1) is 17.1. The highest BCUT2D eigenvalue weighted by Crippen LogP contribution is 2.43. The first-order valence-corrected chi connectivity index (χ1v) is 9.37. The number of furan rings is 1. The Kier molecular flexibility index (Phi) is 3.63. The van der Waals surface area contributed by atoms with Gasteiger partial charge < -0.3 is 20.0 Å². The number of halogens is 3. The number of alkyl halides is 3. The fraction of sp³-hybridized carbons (Fsp3) is 0.667. The van der Waals surface area contributed by atoms with Crippen LogP contribution in [0.3, 0.4) is 0 Å². The molecule has 27 heavy (non-hydrogen) atoms. The second kappa shape index (κ2) is 5.73. The zero-order chi connectivity index (χ0) is 18.9. The summed E-state index contributed by atoms with van der Waals surface area (Å²) in [6.45, 7) is 3.81. The van der Waals surface area contributed by atoms with Gasteiger partial charge in [0.05, 0.1) is 5.92 Å². The van der Waals surface area contributed by atoms with Crippen LogP contribution in [0.5, 0.6) is 0 Å². The molecule has 0 radical (unpaired) electrons. The average molecular weight is 381 g/mol. The van der Waals surface area contributed by atoms with Crippen LogP contribution in [0.4, 0.5) is 24.9 Å². The van der Waals surface area contributed by atoms with E-state index in [1.165, 1.54) is 0 Å². The van der Waals surface area contributed by atoms with Gasteiger partial charge in [-0.2, -0.15) is 18.2 Å². The third-order valence-corrected chi connectivity index (χ3v) is 6.31. The fourth-order valence-electron chi connectivity index (χ4n) is 5.03. The van der Waals surface area contributed by atoms with Gasteiger partial charge in [0, 0.05) is 38.2 Å². The van der Waals surface area contributed by atoms with Crippen molar-refractivity contribution in [1.29, 1.82) is 0 Å². The minimum absolute atomic E-state index is 0.0504. The number of hydrogen-bond donors (Lipinski definition) is 1. The molecule has 2 N–H and O–H groups in total. The van der Waals surface area contributed by atoms with Crippen molar-refractivity contribution in [1.82, 2.24) is 14.9 Å². The normalized spacial score (nSPS) is 28.7. The van der Waals surface area contributed by atoms with Gasteiger partial charge in [-0.15, -0.1) is 0 Å². The van der Waals surface area contributed by atoms with Crippen LogP contribution in [0, 0.1) is 17.8 Å². The Morgan fingerprint density at radius 1 is 1.11 bits per heavy atom. The van der Waals surface area contributed by atoms with Gasteiger partial charge in [-0.05, 0) is 31.7 Å². The van der Waals surface area contributed by atoms with E-state index in [1.807, 2.05) is 0 Å². The summed E-state index contributed by atoms with van der Waals surface area (Å²) in [5.74, 6) is 1.11. The number of nitrogens with two attached hydrogens (primary N) is 1. The van der Waals surface area contributed by atoms with E-state index < -0.39 is 12.1 Å². The molecular weight excluding hydrogens is 359 g/mol. The van der Waals surface area contributed by atoms with Crippen molar-refractivity contribution in [3.8, 4) is 0 Å². The Balaban J connectivity index is 1.53. The number of anilines is 2. The van der Waals surface area contributed by atoms with Crippen molar-refractivity contribution < 1.29 is 17.6 Å². The molecule has 2 saturated heterocycles. The second-order valence-corrected chi connectivity index (χ2v) is 8.21. The van der Waals surface area contributed by atoms with E-state index in [9.17, 15) is 13.2 Å². The molecule has 2 aliphatic heterocycles. The lowest BCUT2D eigenvalue weighted by atomic mass is 9.87. The van der Waals surface area contributed by atoms with Crippen molar-refractivity contribution in [3.63, 3.8) is 0 Å². The van der Waals surface area contributed by atoms with E-state index in [0.717, 1.165) is 26.2 Å². The third kappa shape index (κ3) is 2.74. The maximum atomic E-state index is 13.2. The maximum Gasteiger partial charge on any atom is 0.392 e. The Labute approximate surface area is 154 Å². The number of aryl methyl sites for hydroxylation is 1. The molecule has 0 amide bonds. The molecule has 2 unspecified atom stereocenters. The summed E-state index contributed by atoms with van der Waals surface area (Å²) in [6, 6.07) is 0. The Bertz CT molecular complexity index is 881. The number of likely N-dealkylation sites (tertiary alicyclic amines) is 1. The lowest BCUT2D eigenvalue weighted by Gasteiger charge is -2.23. The molecule has 1 aliphatic carbocycles. The minimum Gasteiger partial charge on any atom is -0.455 e. The molecule has 6 nitrogen and oxygen atoms in total. The predicted molar refractivity (Wildman–Crippen MR) is 94.5 cm³/mol. The van der Waals surface area contributed by atoms with Crippen molar-refractivity contribution in [2.45, 2.75) is 25.4 Å². The highest BCUT2D eigenvalue weighted by atomic mass is 19.4. The van der Waals surface area contributed by atoms with Gasteiger partial charge in [-0.1, -0.05) is 0 Å². The van der Waals surface area contributed by atoms with Crippen LogP contribution in [-0.4, -0.2) is 54.3 Å². The van der Waals surface area contributed by atoms with E-state index in [4.69, 9.17) is 10.2 Å². The van der Waals surface area contributed by atoms with Crippen LogP contribution in [0.1, 0.15) is 17.7 Å². The first-order chi connectivity index (χ1) is 12.8. The van der Waals surface area contributed by atoms with Gasteiger partial charge in [0.1, 0.15) is 11.3 Å². The van der Waals surface area contributed by atoms with Crippen molar-refractivity contribution in [3.05, 3.63) is 11.3 Å². The van der Waals surface area contributed by atoms with E-state index >= 15 is 0 Å². The largest absolute Gasteiger partial charge is 0.455 e. The zero-order valence-corrected chi connectivity index (χ0v) is 15.1.